The molecule has 1 aromatic heterocycles. The Kier molecular flexibility index (Phi) is 8.30. The fourth-order valence-electron chi connectivity index (χ4n) is 5.47. The van der Waals surface area contributed by atoms with E-state index in [9.17, 15) is 23.6 Å². The Morgan fingerprint density at radius 3 is 2.63 bits per heavy atom. The van der Waals surface area contributed by atoms with Crippen LogP contribution in [0.15, 0.2) is 36.4 Å². The van der Waals surface area contributed by atoms with Crippen molar-refractivity contribution >= 4 is 34.9 Å². The molecular weight excluding hydrogens is 557 g/mol. The van der Waals surface area contributed by atoms with Gasteiger partial charge in [0.1, 0.15) is 18.0 Å². The monoisotopic (exact) mass is 593 g/mol. The van der Waals surface area contributed by atoms with E-state index in [1.54, 1.807) is 27.8 Å². The van der Waals surface area contributed by atoms with Crippen LogP contribution in [-0.4, -0.2) is 77.3 Å². The molecule has 3 heterocycles. The third-order valence-electron chi connectivity index (χ3n) is 7.38. The maximum Gasteiger partial charge on any atom is 0.411 e. The molecule has 5 rings (SSSR count). The Balaban J connectivity index is 1.20. The van der Waals surface area contributed by atoms with Gasteiger partial charge in [-0.3, -0.25) is 9.59 Å². The van der Waals surface area contributed by atoms with E-state index < -0.39 is 29.8 Å². The summed E-state index contributed by atoms with van der Waals surface area (Å²) in [5.41, 5.74) is 3.72. The van der Waals surface area contributed by atoms with Crippen molar-refractivity contribution < 1.29 is 33.0 Å². The fraction of sp³-hybridized carbons (Fsp3) is 0.419. The van der Waals surface area contributed by atoms with Crippen molar-refractivity contribution in [3.05, 3.63) is 58.9 Å². The molecule has 0 bridgehead atoms. The molecule has 2 aliphatic rings. The van der Waals surface area contributed by atoms with Gasteiger partial charge < -0.3 is 34.9 Å². The van der Waals surface area contributed by atoms with E-state index in [2.05, 4.69) is 15.6 Å². The Bertz CT molecular complexity index is 1560. The van der Waals surface area contributed by atoms with Gasteiger partial charge in [0.05, 0.1) is 5.56 Å². The SMILES string of the molecule is CN(Cc1ccc(-c2[nH]c3cc(F)cc4c3c2CCNC4=O)cc1)C(=O)OC1CCCN1C(=O)CNC(=O)OC(C)(C)C. The van der Waals surface area contributed by atoms with Gasteiger partial charge in [0.15, 0.2) is 6.23 Å². The zero-order valence-corrected chi connectivity index (χ0v) is 24.7. The number of hydrogen-bond donors (Lipinski definition) is 3. The Labute approximate surface area is 248 Å². The lowest BCUT2D eigenvalue weighted by molar-refractivity contribution is -0.137. The molecule has 2 aliphatic heterocycles. The highest BCUT2D eigenvalue weighted by Gasteiger charge is 2.33. The summed E-state index contributed by atoms with van der Waals surface area (Å²) in [4.78, 5) is 56.1. The second kappa shape index (κ2) is 11.9. The molecule has 228 valence electrons. The number of aromatic amines is 1. The average Bonchev–Trinajstić information content (AvgIpc) is 3.50. The number of alkyl carbamates (subject to hydrolysis) is 1. The quantitative estimate of drug-likeness (QED) is 0.390. The van der Waals surface area contributed by atoms with Gasteiger partial charge in [-0.15, -0.1) is 0 Å². The summed E-state index contributed by atoms with van der Waals surface area (Å²) in [5, 5.41) is 6.01. The largest absolute Gasteiger partial charge is 0.444 e. The molecule has 43 heavy (non-hydrogen) atoms. The summed E-state index contributed by atoms with van der Waals surface area (Å²) in [7, 11) is 1.62. The molecule has 3 aromatic rings. The van der Waals surface area contributed by atoms with Crippen LogP contribution >= 0.6 is 0 Å². The summed E-state index contributed by atoms with van der Waals surface area (Å²) < 4.78 is 25.0. The number of rotatable bonds is 6. The zero-order chi connectivity index (χ0) is 30.9. The predicted molar refractivity (Wildman–Crippen MR) is 157 cm³/mol. The number of ether oxygens (including phenoxy) is 2. The maximum atomic E-state index is 14.2. The molecule has 0 spiro atoms. The third kappa shape index (κ3) is 6.73. The summed E-state index contributed by atoms with van der Waals surface area (Å²) in [6.07, 6.45) is -0.194. The van der Waals surface area contributed by atoms with Gasteiger partial charge >= 0.3 is 12.2 Å². The molecule has 1 fully saturated rings. The maximum absolute atomic E-state index is 14.2. The minimum Gasteiger partial charge on any atom is -0.444 e. The van der Waals surface area contributed by atoms with Crippen LogP contribution in [0.25, 0.3) is 22.2 Å². The second-order valence-corrected chi connectivity index (χ2v) is 11.8. The molecule has 1 saturated heterocycles. The average molecular weight is 594 g/mol. The van der Waals surface area contributed by atoms with E-state index in [-0.39, 0.29) is 24.9 Å². The molecule has 12 heteroatoms. The van der Waals surface area contributed by atoms with E-state index in [1.165, 1.54) is 21.9 Å². The summed E-state index contributed by atoms with van der Waals surface area (Å²) in [6.45, 7) is 6.08. The van der Waals surface area contributed by atoms with Crippen molar-refractivity contribution in [1.82, 2.24) is 25.4 Å². The summed E-state index contributed by atoms with van der Waals surface area (Å²) >= 11 is 0. The molecule has 0 aliphatic carbocycles. The Morgan fingerprint density at radius 2 is 1.91 bits per heavy atom. The van der Waals surface area contributed by atoms with E-state index in [0.717, 1.165) is 27.8 Å². The number of nitrogens with zero attached hydrogens (tertiary/aromatic N) is 2. The lowest BCUT2D eigenvalue weighted by atomic mass is 9.99. The lowest BCUT2D eigenvalue weighted by Crippen LogP contribution is -2.46. The van der Waals surface area contributed by atoms with E-state index in [0.29, 0.717) is 43.4 Å². The molecule has 0 saturated carbocycles. The van der Waals surface area contributed by atoms with Crippen molar-refractivity contribution in [3.63, 3.8) is 0 Å². The molecule has 1 atom stereocenters. The van der Waals surface area contributed by atoms with Crippen molar-refractivity contribution in [2.24, 2.45) is 0 Å². The molecule has 0 radical (unpaired) electrons. The van der Waals surface area contributed by atoms with Gasteiger partial charge in [0.25, 0.3) is 5.91 Å². The molecule has 3 N–H and O–H groups in total. The summed E-state index contributed by atoms with van der Waals surface area (Å²) in [6, 6.07) is 10.3. The highest BCUT2D eigenvalue weighted by molar-refractivity contribution is 6.10. The van der Waals surface area contributed by atoms with Crippen LogP contribution in [0, 0.1) is 5.82 Å². The number of halogens is 1. The minimum atomic E-state index is -0.718. The van der Waals surface area contributed by atoms with E-state index >= 15 is 0 Å². The first kappa shape index (κ1) is 29.9. The normalized spacial score (nSPS) is 16.4. The number of aromatic nitrogens is 1. The highest BCUT2D eigenvalue weighted by atomic mass is 19.1. The number of H-pyrrole nitrogens is 1. The molecule has 11 nitrogen and oxygen atoms in total. The smallest absolute Gasteiger partial charge is 0.411 e. The van der Waals surface area contributed by atoms with Crippen LogP contribution in [-0.2, 0) is 27.2 Å². The van der Waals surface area contributed by atoms with Gasteiger partial charge in [-0.1, -0.05) is 24.3 Å². The molecule has 1 unspecified atom stereocenters. The number of carbonyl (C=O) groups excluding carboxylic acids is 4. The van der Waals surface area contributed by atoms with Crippen molar-refractivity contribution in [1.29, 1.82) is 0 Å². The van der Waals surface area contributed by atoms with Crippen molar-refractivity contribution in [2.45, 2.75) is 58.4 Å². The highest BCUT2D eigenvalue weighted by Crippen LogP contribution is 2.35. The first-order valence-corrected chi connectivity index (χ1v) is 14.3. The lowest BCUT2D eigenvalue weighted by Gasteiger charge is -2.27. The first-order valence-electron chi connectivity index (χ1n) is 14.3. The molecular formula is C31H36FN5O6. The zero-order valence-electron chi connectivity index (χ0n) is 24.7. The number of hydrogen-bond acceptors (Lipinski definition) is 6. The predicted octanol–water partition coefficient (Wildman–Crippen LogP) is 4.30. The topological polar surface area (TPSA) is 133 Å². The van der Waals surface area contributed by atoms with Crippen LogP contribution in [0.3, 0.4) is 0 Å². The second-order valence-electron chi connectivity index (χ2n) is 11.8. The minimum absolute atomic E-state index is 0.258. The van der Waals surface area contributed by atoms with Gasteiger partial charge in [-0.05, 0) is 62.4 Å². The number of benzene rings is 2. The van der Waals surface area contributed by atoms with Crippen LogP contribution in [0.2, 0.25) is 0 Å². The number of carbonyl (C=O) groups is 4. The first-order chi connectivity index (χ1) is 20.4. The van der Waals surface area contributed by atoms with Crippen molar-refractivity contribution in [2.75, 3.05) is 26.7 Å². The third-order valence-corrected chi connectivity index (χ3v) is 7.38. The van der Waals surface area contributed by atoms with Gasteiger partial charge in [-0.2, -0.15) is 0 Å². The van der Waals surface area contributed by atoms with Crippen LogP contribution in [0.4, 0.5) is 14.0 Å². The number of amides is 4. The molecule has 2 aromatic carbocycles. The van der Waals surface area contributed by atoms with Gasteiger partial charge in [0.2, 0.25) is 5.91 Å². The fourth-order valence-corrected chi connectivity index (χ4v) is 5.47. The van der Waals surface area contributed by atoms with Crippen LogP contribution in [0.5, 0.6) is 0 Å². The number of likely N-dealkylation sites (tertiary alicyclic amines) is 1. The summed E-state index contributed by atoms with van der Waals surface area (Å²) in [5.74, 6) is -1.13. The van der Waals surface area contributed by atoms with Crippen molar-refractivity contribution in [3.8, 4) is 11.3 Å². The van der Waals surface area contributed by atoms with Gasteiger partial charge in [-0.25, -0.2) is 14.0 Å². The van der Waals surface area contributed by atoms with E-state index in [1.807, 2.05) is 24.3 Å². The Morgan fingerprint density at radius 1 is 1.16 bits per heavy atom. The van der Waals surface area contributed by atoms with Crippen LogP contribution in [0.1, 0.15) is 55.1 Å². The Hall–Kier alpha value is -4.61. The molecule has 4 amide bonds. The van der Waals surface area contributed by atoms with E-state index in [4.69, 9.17) is 9.47 Å². The van der Waals surface area contributed by atoms with Gasteiger partial charge in [0, 0.05) is 49.7 Å². The standard InChI is InChI=1S/C31H36FN5O6/c1-31(2,3)43-29(40)34-16-24(38)37-13-5-6-25(37)42-30(41)36(4)17-18-7-9-19(10-8-18)27-21-11-12-33-28(39)22-14-20(32)15-23(35-27)26(21)22/h7-10,14-15,25,35H,5-6,11-13,16-17H2,1-4H3,(H,33,39)(H,34,40). The number of nitrogens with one attached hydrogen (secondary N) is 3. The van der Waals surface area contributed by atoms with Crippen LogP contribution < -0.4 is 10.6 Å².